The summed E-state index contributed by atoms with van der Waals surface area (Å²) in [5.74, 6) is -1.31. The summed E-state index contributed by atoms with van der Waals surface area (Å²) in [5.41, 5.74) is 0.353. The van der Waals surface area contributed by atoms with Crippen LogP contribution in [-0.4, -0.2) is 35.7 Å². The molecule has 0 aliphatic rings. The lowest BCUT2D eigenvalue weighted by Gasteiger charge is -2.12. The fourth-order valence-corrected chi connectivity index (χ4v) is 2.89. The molecule has 7 heteroatoms. The third-order valence-corrected chi connectivity index (χ3v) is 4.00. The number of ketones is 1. The quantitative estimate of drug-likeness (QED) is 0.770. The van der Waals surface area contributed by atoms with E-state index in [2.05, 4.69) is 5.32 Å². The molecule has 0 saturated carbocycles. The normalized spacial score (nSPS) is 12.2. The number of hydrogen-bond donors (Lipinski definition) is 2. The van der Waals surface area contributed by atoms with Gasteiger partial charge in [0.1, 0.15) is 5.82 Å². The van der Waals surface area contributed by atoms with Crippen LogP contribution in [0.4, 0.5) is 4.39 Å². The van der Waals surface area contributed by atoms with Crippen LogP contribution in [0.5, 0.6) is 0 Å². The Balaban J connectivity index is 2.51. The van der Waals surface area contributed by atoms with Crippen molar-refractivity contribution in [2.24, 2.45) is 0 Å². The Kier molecular flexibility index (Phi) is 6.98. The molecule has 0 saturated heterocycles. The number of carboxylic acids is 1. The van der Waals surface area contributed by atoms with Gasteiger partial charge in [-0.3, -0.25) is 9.59 Å². The highest BCUT2D eigenvalue weighted by Gasteiger charge is 2.19. The van der Waals surface area contributed by atoms with E-state index in [4.69, 9.17) is 16.7 Å². The average molecular weight is 320 g/mol. The van der Waals surface area contributed by atoms with Crippen molar-refractivity contribution in [1.29, 1.82) is 0 Å². The number of Topliss-reactive ketones (excluding diaryl/α,β-unsaturated/α-hetero) is 1. The molecule has 0 aliphatic carbocycles. The SMILES string of the molecule is CN[C@@H](CC(=O)O)C(=O)CSCc1c(F)cccc1Cl. The molecule has 1 rings (SSSR count). The van der Waals surface area contributed by atoms with Crippen LogP contribution < -0.4 is 5.32 Å². The monoisotopic (exact) mass is 319 g/mol. The van der Waals surface area contributed by atoms with E-state index >= 15 is 0 Å². The molecule has 0 bridgehead atoms. The van der Waals surface area contributed by atoms with Crippen LogP contribution in [0.3, 0.4) is 0 Å². The fourth-order valence-electron chi connectivity index (χ4n) is 1.58. The van der Waals surface area contributed by atoms with E-state index in [-0.39, 0.29) is 23.7 Å². The number of rotatable bonds is 8. The first-order valence-corrected chi connectivity index (χ1v) is 7.41. The molecule has 0 radical (unpaired) electrons. The van der Waals surface area contributed by atoms with Crippen LogP contribution in [-0.2, 0) is 15.3 Å². The van der Waals surface area contributed by atoms with E-state index in [1.54, 1.807) is 6.07 Å². The molecule has 1 aromatic rings. The minimum atomic E-state index is -1.04. The first-order chi connectivity index (χ1) is 9.45. The van der Waals surface area contributed by atoms with E-state index in [0.29, 0.717) is 10.6 Å². The van der Waals surface area contributed by atoms with Crippen molar-refractivity contribution in [3.8, 4) is 0 Å². The highest BCUT2D eigenvalue weighted by atomic mass is 35.5. The van der Waals surface area contributed by atoms with Crippen molar-refractivity contribution in [3.63, 3.8) is 0 Å². The lowest BCUT2D eigenvalue weighted by molar-refractivity contribution is -0.139. The maximum Gasteiger partial charge on any atom is 0.305 e. The third-order valence-electron chi connectivity index (χ3n) is 2.67. The molecule has 0 fully saturated rings. The van der Waals surface area contributed by atoms with Gasteiger partial charge in [-0.15, -0.1) is 11.8 Å². The Morgan fingerprint density at radius 1 is 1.50 bits per heavy atom. The van der Waals surface area contributed by atoms with Crippen LogP contribution in [0.15, 0.2) is 18.2 Å². The van der Waals surface area contributed by atoms with E-state index < -0.39 is 17.8 Å². The molecule has 110 valence electrons. The number of carboxylic acid groups (broad SMARTS) is 1. The predicted molar refractivity (Wildman–Crippen MR) is 77.7 cm³/mol. The standard InChI is InChI=1S/C13H15ClFNO3S/c1-16-11(5-13(18)19)12(17)7-20-6-8-9(14)3-2-4-10(8)15/h2-4,11,16H,5-7H2,1H3,(H,18,19)/t11-/m0/s1. The van der Waals surface area contributed by atoms with Gasteiger partial charge >= 0.3 is 5.97 Å². The first kappa shape index (κ1) is 16.9. The second kappa shape index (κ2) is 8.24. The van der Waals surface area contributed by atoms with Crippen molar-refractivity contribution < 1.29 is 19.1 Å². The number of nitrogens with one attached hydrogen (secondary N) is 1. The van der Waals surface area contributed by atoms with Gasteiger partial charge in [0.2, 0.25) is 0 Å². The van der Waals surface area contributed by atoms with E-state index in [1.165, 1.54) is 30.9 Å². The lowest BCUT2D eigenvalue weighted by atomic mass is 10.1. The minimum Gasteiger partial charge on any atom is -0.481 e. The van der Waals surface area contributed by atoms with Gasteiger partial charge in [-0.2, -0.15) is 0 Å². The summed E-state index contributed by atoms with van der Waals surface area (Å²) in [7, 11) is 1.53. The van der Waals surface area contributed by atoms with Gasteiger partial charge in [0.15, 0.2) is 5.78 Å². The van der Waals surface area contributed by atoms with E-state index in [0.717, 1.165) is 0 Å². The Bertz CT molecular complexity index is 478. The number of carbonyl (C=O) groups is 2. The maximum atomic E-state index is 13.5. The Morgan fingerprint density at radius 3 is 2.75 bits per heavy atom. The molecule has 1 atom stereocenters. The van der Waals surface area contributed by atoms with Gasteiger partial charge in [0.05, 0.1) is 18.2 Å². The molecular formula is C13H15ClFNO3S. The van der Waals surface area contributed by atoms with Gasteiger partial charge < -0.3 is 10.4 Å². The molecule has 0 spiro atoms. The number of hydrogen-bond acceptors (Lipinski definition) is 4. The van der Waals surface area contributed by atoms with E-state index in [1.807, 2.05) is 0 Å². The smallest absolute Gasteiger partial charge is 0.305 e. The maximum absolute atomic E-state index is 13.5. The van der Waals surface area contributed by atoms with Crippen LogP contribution in [0.2, 0.25) is 5.02 Å². The molecule has 2 N–H and O–H groups in total. The van der Waals surface area contributed by atoms with Gasteiger partial charge in [-0.25, -0.2) is 4.39 Å². The molecule has 4 nitrogen and oxygen atoms in total. The summed E-state index contributed by atoms with van der Waals surface area (Å²) in [5, 5.41) is 11.7. The summed E-state index contributed by atoms with van der Waals surface area (Å²) in [6.45, 7) is 0. The molecule has 0 amide bonds. The predicted octanol–water partition coefficient (Wildman–Crippen LogP) is 2.34. The number of benzene rings is 1. The molecule has 0 aromatic heterocycles. The zero-order chi connectivity index (χ0) is 15.1. The summed E-state index contributed by atoms with van der Waals surface area (Å²) < 4.78 is 13.5. The van der Waals surface area contributed by atoms with Crippen molar-refractivity contribution in [2.75, 3.05) is 12.8 Å². The molecule has 1 aromatic carbocycles. The van der Waals surface area contributed by atoms with Gasteiger partial charge in [0, 0.05) is 16.3 Å². The number of aliphatic carboxylic acids is 1. The van der Waals surface area contributed by atoms with Gasteiger partial charge in [0.25, 0.3) is 0 Å². The lowest BCUT2D eigenvalue weighted by Crippen LogP contribution is -2.37. The Morgan fingerprint density at radius 2 is 2.20 bits per heavy atom. The minimum absolute atomic E-state index is 0.101. The molecule has 0 heterocycles. The zero-order valence-corrected chi connectivity index (χ0v) is 12.4. The zero-order valence-electron chi connectivity index (χ0n) is 10.9. The number of likely N-dealkylation sites (N-methyl/N-ethyl adjacent to an activating group) is 1. The number of thioether (sulfide) groups is 1. The summed E-state index contributed by atoms with van der Waals surface area (Å²) in [4.78, 5) is 22.4. The van der Waals surface area contributed by atoms with Crippen molar-refractivity contribution in [3.05, 3.63) is 34.6 Å². The molecule has 0 aliphatic heterocycles. The largest absolute Gasteiger partial charge is 0.481 e. The van der Waals surface area contributed by atoms with Gasteiger partial charge in [-0.1, -0.05) is 17.7 Å². The van der Waals surface area contributed by atoms with Crippen LogP contribution in [0, 0.1) is 5.82 Å². The second-order valence-corrected chi connectivity index (χ2v) is 5.49. The Labute approximate surface area is 125 Å². The topological polar surface area (TPSA) is 66.4 Å². The van der Waals surface area contributed by atoms with Crippen molar-refractivity contribution in [2.45, 2.75) is 18.2 Å². The highest BCUT2D eigenvalue weighted by molar-refractivity contribution is 7.99. The van der Waals surface area contributed by atoms with Crippen LogP contribution >= 0.6 is 23.4 Å². The number of halogens is 2. The van der Waals surface area contributed by atoms with E-state index in [9.17, 15) is 14.0 Å². The van der Waals surface area contributed by atoms with Crippen molar-refractivity contribution in [1.82, 2.24) is 5.32 Å². The summed E-state index contributed by atoms with van der Waals surface area (Å²) in [6.07, 6.45) is -0.268. The average Bonchev–Trinajstić information content (AvgIpc) is 2.39. The molecule has 20 heavy (non-hydrogen) atoms. The third kappa shape index (κ3) is 5.11. The molecular weight excluding hydrogens is 305 g/mol. The van der Waals surface area contributed by atoms with Crippen LogP contribution in [0.25, 0.3) is 0 Å². The second-order valence-electron chi connectivity index (χ2n) is 4.10. The fraction of sp³-hybridized carbons (Fsp3) is 0.385. The Hall–Kier alpha value is -1.11. The number of carbonyl (C=O) groups excluding carboxylic acids is 1. The summed E-state index contributed by atoms with van der Waals surface area (Å²) in [6, 6.07) is 3.69. The van der Waals surface area contributed by atoms with Crippen molar-refractivity contribution >= 4 is 35.1 Å². The first-order valence-electron chi connectivity index (χ1n) is 5.88. The van der Waals surface area contributed by atoms with Gasteiger partial charge in [-0.05, 0) is 19.2 Å². The molecule has 0 unspecified atom stereocenters. The van der Waals surface area contributed by atoms with Crippen LogP contribution in [0.1, 0.15) is 12.0 Å². The summed E-state index contributed by atoms with van der Waals surface area (Å²) >= 11 is 7.08. The highest BCUT2D eigenvalue weighted by Crippen LogP contribution is 2.24.